The number of amides is 4. The summed E-state index contributed by atoms with van der Waals surface area (Å²) in [6, 6.07) is 14.0. The highest BCUT2D eigenvalue weighted by molar-refractivity contribution is 14.1. The van der Waals surface area contributed by atoms with Crippen LogP contribution in [0.4, 0.5) is 10.5 Å². The molecule has 0 bridgehead atoms. The van der Waals surface area contributed by atoms with Gasteiger partial charge in [0.2, 0.25) is 0 Å². The van der Waals surface area contributed by atoms with Crippen molar-refractivity contribution in [2.75, 3.05) is 19.1 Å². The SMILES string of the molecule is COc1ccc(N2C(=O)NC(=O)/C(=C\c3cc(I)c(OCc4ccc(Cl)cc4Cl)c(OC)c3)C2=O)cc1. The Morgan fingerprint density at radius 3 is 2.35 bits per heavy atom. The molecule has 190 valence electrons. The van der Waals surface area contributed by atoms with Crippen LogP contribution in [0, 0.1) is 3.57 Å². The summed E-state index contributed by atoms with van der Waals surface area (Å²) >= 11 is 14.3. The van der Waals surface area contributed by atoms with Gasteiger partial charge in [-0.3, -0.25) is 14.9 Å². The molecule has 1 aliphatic rings. The lowest BCUT2D eigenvalue weighted by Crippen LogP contribution is -2.54. The maximum Gasteiger partial charge on any atom is 0.335 e. The number of methoxy groups -OCH3 is 2. The molecule has 37 heavy (non-hydrogen) atoms. The van der Waals surface area contributed by atoms with E-state index >= 15 is 0 Å². The third-order valence-corrected chi connectivity index (χ3v) is 6.77. The molecule has 0 spiro atoms. The minimum Gasteiger partial charge on any atom is -0.497 e. The molecule has 3 aromatic rings. The molecule has 4 amide bonds. The normalized spacial score (nSPS) is 14.6. The second kappa shape index (κ2) is 11.4. The van der Waals surface area contributed by atoms with Gasteiger partial charge in [-0.05, 0) is 82.8 Å². The lowest BCUT2D eigenvalue weighted by molar-refractivity contribution is -0.122. The van der Waals surface area contributed by atoms with Crippen LogP contribution in [0.5, 0.6) is 17.2 Å². The minimum absolute atomic E-state index is 0.169. The standard InChI is InChI=1S/C26H19Cl2IN2O6/c1-35-18-7-5-17(6-8-18)31-25(33)19(24(32)30-26(31)34)9-14-10-21(29)23(22(11-14)36-2)37-13-15-3-4-16(27)12-20(15)28/h3-12H,13H2,1-2H3,(H,30,32,34)/b19-9+. The van der Waals surface area contributed by atoms with Crippen LogP contribution in [0.15, 0.2) is 60.2 Å². The van der Waals surface area contributed by atoms with Gasteiger partial charge < -0.3 is 14.2 Å². The molecular weight excluding hydrogens is 634 g/mol. The van der Waals surface area contributed by atoms with Crippen LogP contribution in [0.2, 0.25) is 10.0 Å². The zero-order valence-corrected chi connectivity index (χ0v) is 23.2. The van der Waals surface area contributed by atoms with E-state index in [0.29, 0.717) is 42.1 Å². The highest BCUT2D eigenvalue weighted by Gasteiger charge is 2.37. The van der Waals surface area contributed by atoms with Crippen LogP contribution in [0.25, 0.3) is 6.08 Å². The summed E-state index contributed by atoms with van der Waals surface area (Å²) in [5.41, 5.74) is 1.32. The number of imide groups is 2. The topological polar surface area (TPSA) is 94.2 Å². The largest absolute Gasteiger partial charge is 0.497 e. The van der Waals surface area contributed by atoms with Gasteiger partial charge in [0.05, 0.1) is 23.5 Å². The fourth-order valence-corrected chi connectivity index (χ4v) is 4.79. The Kier molecular flexibility index (Phi) is 8.25. The lowest BCUT2D eigenvalue weighted by Gasteiger charge is -2.26. The Morgan fingerprint density at radius 2 is 1.70 bits per heavy atom. The summed E-state index contributed by atoms with van der Waals surface area (Å²) in [6.45, 7) is 0.169. The molecule has 1 aliphatic heterocycles. The van der Waals surface area contributed by atoms with Crippen molar-refractivity contribution in [2.45, 2.75) is 6.61 Å². The van der Waals surface area contributed by atoms with Gasteiger partial charge in [-0.2, -0.15) is 0 Å². The zero-order chi connectivity index (χ0) is 26.7. The number of carbonyl (C=O) groups is 3. The number of carbonyl (C=O) groups excluding carboxylic acids is 3. The molecule has 0 aliphatic carbocycles. The predicted octanol–water partition coefficient (Wildman–Crippen LogP) is 5.86. The predicted molar refractivity (Wildman–Crippen MR) is 149 cm³/mol. The molecule has 1 N–H and O–H groups in total. The van der Waals surface area contributed by atoms with Crippen molar-refractivity contribution < 1.29 is 28.6 Å². The summed E-state index contributed by atoms with van der Waals surface area (Å²) in [7, 11) is 2.99. The first-order chi connectivity index (χ1) is 17.7. The summed E-state index contributed by atoms with van der Waals surface area (Å²) in [5.74, 6) is -0.152. The summed E-state index contributed by atoms with van der Waals surface area (Å²) in [6.07, 6.45) is 1.39. The molecule has 0 saturated carbocycles. The van der Waals surface area contributed by atoms with Gasteiger partial charge in [0.15, 0.2) is 11.5 Å². The number of barbiturate groups is 1. The summed E-state index contributed by atoms with van der Waals surface area (Å²) in [5, 5.41) is 3.20. The van der Waals surface area contributed by atoms with E-state index in [1.54, 1.807) is 54.6 Å². The van der Waals surface area contributed by atoms with E-state index in [-0.39, 0.29) is 12.2 Å². The Balaban J connectivity index is 1.63. The van der Waals surface area contributed by atoms with Gasteiger partial charge >= 0.3 is 6.03 Å². The summed E-state index contributed by atoms with van der Waals surface area (Å²) < 4.78 is 17.3. The van der Waals surface area contributed by atoms with Crippen LogP contribution in [0.3, 0.4) is 0 Å². The number of benzene rings is 3. The third-order valence-electron chi connectivity index (χ3n) is 5.38. The maximum absolute atomic E-state index is 13.2. The van der Waals surface area contributed by atoms with E-state index in [9.17, 15) is 14.4 Å². The van der Waals surface area contributed by atoms with Crippen molar-refractivity contribution in [3.8, 4) is 17.2 Å². The average Bonchev–Trinajstić information content (AvgIpc) is 2.87. The van der Waals surface area contributed by atoms with Gasteiger partial charge in [-0.15, -0.1) is 0 Å². The fourth-order valence-electron chi connectivity index (χ4n) is 3.54. The second-order valence-corrected chi connectivity index (χ2v) is 9.72. The number of nitrogens with zero attached hydrogens (tertiary/aromatic N) is 1. The average molecular weight is 653 g/mol. The minimum atomic E-state index is -0.839. The number of urea groups is 1. The van der Waals surface area contributed by atoms with E-state index in [0.717, 1.165) is 10.5 Å². The number of hydrogen-bond donors (Lipinski definition) is 1. The quantitative estimate of drug-likeness (QED) is 0.195. The molecule has 0 radical (unpaired) electrons. The van der Waals surface area contributed by atoms with E-state index in [2.05, 4.69) is 27.9 Å². The smallest absolute Gasteiger partial charge is 0.335 e. The van der Waals surface area contributed by atoms with Gasteiger partial charge in [0.25, 0.3) is 11.8 Å². The van der Waals surface area contributed by atoms with Gasteiger partial charge in [-0.25, -0.2) is 9.69 Å². The number of hydrogen-bond acceptors (Lipinski definition) is 6. The van der Waals surface area contributed by atoms with Crippen LogP contribution in [0.1, 0.15) is 11.1 Å². The van der Waals surface area contributed by atoms with E-state index in [1.165, 1.54) is 20.3 Å². The fraction of sp³-hybridized carbons (Fsp3) is 0.115. The molecule has 8 nitrogen and oxygen atoms in total. The zero-order valence-electron chi connectivity index (χ0n) is 19.5. The van der Waals surface area contributed by atoms with E-state index < -0.39 is 17.8 Å². The van der Waals surface area contributed by atoms with Crippen molar-refractivity contribution in [3.05, 3.63) is 84.9 Å². The molecule has 0 aromatic heterocycles. The Hall–Kier alpha value is -3.28. The Morgan fingerprint density at radius 1 is 0.973 bits per heavy atom. The van der Waals surface area contributed by atoms with Crippen molar-refractivity contribution in [3.63, 3.8) is 0 Å². The molecule has 11 heteroatoms. The molecule has 0 unspecified atom stereocenters. The highest BCUT2D eigenvalue weighted by Crippen LogP contribution is 2.36. The van der Waals surface area contributed by atoms with Gasteiger partial charge in [-0.1, -0.05) is 29.3 Å². The second-order valence-electron chi connectivity index (χ2n) is 7.71. The first-order valence-electron chi connectivity index (χ1n) is 10.7. The molecule has 0 atom stereocenters. The van der Waals surface area contributed by atoms with Crippen molar-refractivity contribution in [2.24, 2.45) is 0 Å². The van der Waals surface area contributed by atoms with Crippen LogP contribution < -0.4 is 24.4 Å². The van der Waals surface area contributed by atoms with Crippen molar-refractivity contribution in [1.82, 2.24) is 5.32 Å². The molecule has 1 fully saturated rings. The molecule has 1 heterocycles. The monoisotopic (exact) mass is 652 g/mol. The van der Waals surface area contributed by atoms with E-state index in [4.69, 9.17) is 37.4 Å². The van der Waals surface area contributed by atoms with E-state index in [1.807, 2.05) is 0 Å². The number of rotatable bonds is 7. The van der Waals surface area contributed by atoms with Gasteiger partial charge in [0.1, 0.15) is 17.9 Å². The van der Waals surface area contributed by atoms with Crippen molar-refractivity contribution in [1.29, 1.82) is 0 Å². The maximum atomic E-state index is 13.2. The molecule has 4 rings (SSSR count). The Labute approximate surface area is 236 Å². The molecule has 3 aromatic carbocycles. The van der Waals surface area contributed by atoms with Crippen LogP contribution in [-0.4, -0.2) is 32.1 Å². The van der Waals surface area contributed by atoms with Gasteiger partial charge in [0, 0.05) is 15.6 Å². The number of ether oxygens (including phenoxy) is 3. The van der Waals surface area contributed by atoms with Crippen LogP contribution >= 0.6 is 45.8 Å². The number of anilines is 1. The Bertz CT molecular complexity index is 1430. The third kappa shape index (κ3) is 5.84. The molecular formula is C26H19Cl2IN2O6. The first-order valence-corrected chi connectivity index (χ1v) is 12.5. The van der Waals surface area contributed by atoms with Crippen LogP contribution in [-0.2, 0) is 16.2 Å². The highest BCUT2D eigenvalue weighted by atomic mass is 127. The summed E-state index contributed by atoms with van der Waals surface area (Å²) in [4.78, 5) is 39.1. The number of halogens is 3. The number of nitrogens with one attached hydrogen (secondary N) is 1. The molecule has 1 saturated heterocycles. The van der Waals surface area contributed by atoms with Crippen molar-refractivity contribution >= 4 is 75.4 Å². The lowest BCUT2D eigenvalue weighted by atomic mass is 10.1. The first kappa shape index (κ1) is 26.8.